The maximum atomic E-state index is 10.9. The minimum atomic E-state index is -1.48. The van der Waals surface area contributed by atoms with Gasteiger partial charge in [-0.3, -0.25) is 4.79 Å². The Kier molecular flexibility index (Phi) is 3.45. The van der Waals surface area contributed by atoms with Gasteiger partial charge in [-0.1, -0.05) is 23.2 Å². The van der Waals surface area contributed by atoms with Gasteiger partial charge in [0, 0.05) is 18.1 Å². The summed E-state index contributed by atoms with van der Waals surface area (Å²) in [5, 5.41) is 20.0. The molecule has 0 radical (unpaired) electrons. The summed E-state index contributed by atoms with van der Waals surface area (Å²) in [6, 6.07) is 2.97. The van der Waals surface area contributed by atoms with E-state index in [4.69, 9.17) is 33.0 Å². The average Bonchev–Trinajstić information content (AvgIpc) is 2.19. The second-order valence-electron chi connectivity index (χ2n) is 4.50. The second kappa shape index (κ2) is 4.61. The SMILES string of the molecule is CC1CC(O)(CC(=O)O)c2cc(Cl)c(Cl)cc2O1. The molecular formula is C12H12Cl2O4. The van der Waals surface area contributed by atoms with Crippen LogP contribution in [0.3, 0.4) is 0 Å². The number of aliphatic carboxylic acids is 1. The Morgan fingerprint density at radius 2 is 2.11 bits per heavy atom. The van der Waals surface area contributed by atoms with E-state index >= 15 is 0 Å². The van der Waals surface area contributed by atoms with Gasteiger partial charge in [0.15, 0.2) is 0 Å². The Morgan fingerprint density at radius 3 is 2.72 bits per heavy atom. The Labute approximate surface area is 114 Å². The third kappa shape index (κ3) is 2.41. The number of benzene rings is 1. The number of hydrogen-bond donors (Lipinski definition) is 2. The van der Waals surface area contributed by atoms with E-state index in [2.05, 4.69) is 0 Å². The smallest absolute Gasteiger partial charge is 0.306 e. The standard InChI is InChI=1S/C12H12Cl2O4/c1-6-4-12(17,5-11(15)16)7-2-8(13)9(14)3-10(7)18-6/h2-3,6,17H,4-5H2,1H3,(H,15,16). The zero-order valence-corrected chi connectivity index (χ0v) is 11.1. The van der Waals surface area contributed by atoms with E-state index in [-0.39, 0.29) is 17.5 Å². The van der Waals surface area contributed by atoms with Crippen LogP contribution in [-0.2, 0) is 10.4 Å². The van der Waals surface area contributed by atoms with E-state index < -0.39 is 18.0 Å². The first-order valence-electron chi connectivity index (χ1n) is 5.42. The van der Waals surface area contributed by atoms with Crippen molar-refractivity contribution in [2.45, 2.75) is 31.5 Å². The fraction of sp³-hybridized carbons (Fsp3) is 0.417. The molecule has 2 unspecified atom stereocenters. The van der Waals surface area contributed by atoms with Crippen LogP contribution >= 0.6 is 23.2 Å². The van der Waals surface area contributed by atoms with Crippen molar-refractivity contribution >= 4 is 29.2 Å². The van der Waals surface area contributed by atoms with Crippen LogP contribution < -0.4 is 4.74 Å². The summed E-state index contributed by atoms with van der Waals surface area (Å²) in [5.74, 6) is -0.699. The summed E-state index contributed by atoms with van der Waals surface area (Å²) < 4.78 is 5.55. The van der Waals surface area contributed by atoms with Gasteiger partial charge < -0.3 is 14.9 Å². The Hall–Kier alpha value is -0.970. The third-order valence-corrected chi connectivity index (χ3v) is 3.64. The van der Waals surface area contributed by atoms with Gasteiger partial charge in [0.05, 0.1) is 22.6 Å². The molecule has 2 rings (SSSR count). The van der Waals surface area contributed by atoms with Crippen molar-refractivity contribution in [1.29, 1.82) is 0 Å². The molecule has 2 atom stereocenters. The highest BCUT2D eigenvalue weighted by atomic mass is 35.5. The fourth-order valence-electron chi connectivity index (χ4n) is 2.25. The molecule has 1 aromatic carbocycles. The molecule has 0 spiro atoms. The molecule has 2 N–H and O–H groups in total. The molecule has 1 aliphatic rings. The summed E-state index contributed by atoms with van der Waals surface area (Å²) in [6.45, 7) is 1.76. The summed E-state index contributed by atoms with van der Waals surface area (Å²) in [4.78, 5) is 10.9. The van der Waals surface area contributed by atoms with Crippen LogP contribution in [0.2, 0.25) is 10.0 Å². The van der Waals surface area contributed by atoms with E-state index in [9.17, 15) is 9.90 Å². The van der Waals surface area contributed by atoms with Crippen molar-refractivity contribution in [3.05, 3.63) is 27.7 Å². The fourth-order valence-corrected chi connectivity index (χ4v) is 2.57. The van der Waals surface area contributed by atoms with Crippen LogP contribution in [0, 0.1) is 0 Å². The van der Waals surface area contributed by atoms with E-state index in [1.54, 1.807) is 6.92 Å². The molecule has 4 nitrogen and oxygen atoms in total. The van der Waals surface area contributed by atoms with Crippen molar-refractivity contribution in [2.24, 2.45) is 0 Å². The number of hydrogen-bond acceptors (Lipinski definition) is 3. The van der Waals surface area contributed by atoms with Gasteiger partial charge in [0.2, 0.25) is 0 Å². The van der Waals surface area contributed by atoms with Gasteiger partial charge in [0.1, 0.15) is 11.4 Å². The molecular weight excluding hydrogens is 279 g/mol. The zero-order valence-electron chi connectivity index (χ0n) is 9.61. The number of carbonyl (C=O) groups is 1. The first-order chi connectivity index (χ1) is 8.32. The third-order valence-electron chi connectivity index (χ3n) is 2.92. The Bertz CT molecular complexity index is 503. The molecule has 18 heavy (non-hydrogen) atoms. The van der Waals surface area contributed by atoms with E-state index in [1.807, 2.05) is 0 Å². The van der Waals surface area contributed by atoms with Crippen LogP contribution in [0.15, 0.2) is 12.1 Å². The van der Waals surface area contributed by atoms with Gasteiger partial charge in [-0.15, -0.1) is 0 Å². The monoisotopic (exact) mass is 290 g/mol. The van der Waals surface area contributed by atoms with Crippen LogP contribution in [0.1, 0.15) is 25.3 Å². The molecule has 1 aliphatic heterocycles. The van der Waals surface area contributed by atoms with Gasteiger partial charge >= 0.3 is 5.97 Å². The van der Waals surface area contributed by atoms with Gasteiger partial charge in [-0.25, -0.2) is 0 Å². The predicted molar refractivity (Wildman–Crippen MR) is 67.3 cm³/mol. The van der Waals surface area contributed by atoms with Crippen molar-refractivity contribution in [2.75, 3.05) is 0 Å². The number of rotatable bonds is 2. The highest BCUT2D eigenvalue weighted by Crippen LogP contribution is 2.44. The van der Waals surface area contributed by atoms with E-state index in [0.29, 0.717) is 16.3 Å². The lowest BCUT2D eigenvalue weighted by Crippen LogP contribution is -2.38. The van der Waals surface area contributed by atoms with Gasteiger partial charge in [0.25, 0.3) is 0 Å². The number of ether oxygens (including phenoxy) is 1. The van der Waals surface area contributed by atoms with Crippen LogP contribution in [-0.4, -0.2) is 22.3 Å². The molecule has 0 saturated carbocycles. The van der Waals surface area contributed by atoms with Crippen molar-refractivity contribution < 1.29 is 19.7 Å². The maximum Gasteiger partial charge on any atom is 0.306 e. The largest absolute Gasteiger partial charge is 0.490 e. The highest BCUT2D eigenvalue weighted by molar-refractivity contribution is 6.42. The molecule has 6 heteroatoms. The summed E-state index contributed by atoms with van der Waals surface area (Å²) in [5.41, 5.74) is -1.11. The normalized spacial score (nSPS) is 26.3. The van der Waals surface area contributed by atoms with Crippen molar-refractivity contribution in [3.8, 4) is 5.75 Å². The Morgan fingerprint density at radius 1 is 1.50 bits per heavy atom. The first kappa shape index (κ1) is 13.5. The minimum Gasteiger partial charge on any atom is -0.490 e. The maximum absolute atomic E-state index is 10.9. The summed E-state index contributed by atoms with van der Waals surface area (Å²) in [7, 11) is 0. The lowest BCUT2D eigenvalue weighted by molar-refractivity contribution is -0.145. The van der Waals surface area contributed by atoms with Gasteiger partial charge in [-0.2, -0.15) is 0 Å². The lowest BCUT2D eigenvalue weighted by Gasteiger charge is -2.37. The molecule has 0 fully saturated rings. The quantitative estimate of drug-likeness (QED) is 0.879. The minimum absolute atomic E-state index is 0.199. The van der Waals surface area contributed by atoms with Crippen molar-refractivity contribution in [1.82, 2.24) is 0 Å². The highest BCUT2D eigenvalue weighted by Gasteiger charge is 2.41. The molecule has 0 aliphatic carbocycles. The van der Waals surface area contributed by atoms with Crippen LogP contribution in [0.25, 0.3) is 0 Å². The van der Waals surface area contributed by atoms with Crippen molar-refractivity contribution in [3.63, 3.8) is 0 Å². The number of fused-ring (bicyclic) bond motifs is 1. The zero-order chi connectivity index (χ0) is 13.5. The number of halogens is 2. The molecule has 0 aromatic heterocycles. The van der Waals surface area contributed by atoms with E-state index in [1.165, 1.54) is 12.1 Å². The molecule has 0 amide bonds. The summed E-state index contributed by atoms with van der Waals surface area (Å²) >= 11 is 11.8. The Balaban J connectivity index is 2.53. The lowest BCUT2D eigenvalue weighted by atomic mass is 9.83. The molecule has 0 bridgehead atoms. The topological polar surface area (TPSA) is 66.8 Å². The second-order valence-corrected chi connectivity index (χ2v) is 5.31. The first-order valence-corrected chi connectivity index (χ1v) is 6.18. The van der Waals surface area contributed by atoms with Gasteiger partial charge in [-0.05, 0) is 13.0 Å². The summed E-state index contributed by atoms with van der Waals surface area (Å²) in [6.07, 6.45) is -0.491. The molecule has 1 aromatic rings. The predicted octanol–water partition coefficient (Wildman–Crippen LogP) is 2.83. The average molecular weight is 291 g/mol. The molecule has 1 heterocycles. The van der Waals surface area contributed by atoms with E-state index in [0.717, 1.165) is 0 Å². The van der Waals surface area contributed by atoms with Crippen LogP contribution in [0.5, 0.6) is 5.75 Å². The number of carboxylic acid groups (broad SMARTS) is 1. The molecule has 0 saturated heterocycles. The molecule has 98 valence electrons. The number of carboxylic acids is 1. The number of aliphatic hydroxyl groups is 1. The van der Waals surface area contributed by atoms with Crippen LogP contribution in [0.4, 0.5) is 0 Å².